The van der Waals surface area contributed by atoms with E-state index in [4.69, 9.17) is 14.7 Å². The zero-order chi connectivity index (χ0) is 8.78. The number of carboxylic acid groups (broad SMARTS) is 1. The number of alkyl halides is 3. The van der Waals surface area contributed by atoms with Crippen molar-refractivity contribution in [3.8, 4) is 0 Å². The van der Waals surface area contributed by atoms with Crippen LogP contribution in [0.15, 0.2) is 0 Å². The molecule has 0 aromatic carbocycles. The molecular formula is C4H5F3O3. The second-order valence-electron chi connectivity index (χ2n) is 1.04. The Morgan fingerprint density at radius 1 is 1.50 bits per heavy atom. The smallest absolute Gasteiger partial charge is 0.475 e. The SMILES string of the molecule is CC=O.O=C(O)C(F)(F)F. The van der Waals surface area contributed by atoms with Crippen LogP contribution < -0.4 is 0 Å². The highest BCUT2D eigenvalue weighted by Crippen LogP contribution is 2.13. The summed E-state index contributed by atoms with van der Waals surface area (Å²) < 4.78 is 31.7. The molecule has 0 rings (SSSR count). The fraction of sp³-hybridized carbons (Fsp3) is 0.500. The zero-order valence-electron chi connectivity index (χ0n) is 4.97. The maximum Gasteiger partial charge on any atom is 0.490 e. The first-order valence-corrected chi connectivity index (χ1v) is 2.06. The summed E-state index contributed by atoms with van der Waals surface area (Å²) in [6, 6.07) is 0. The Hall–Kier alpha value is -1.07. The van der Waals surface area contributed by atoms with Gasteiger partial charge in [0.25, 0.3) is 0 Å². The predicted molar refractivity (Wildman–Crippen MR) is 25.4 cm³/mol. The van der Waals surface area contributed by atoms with Crippen molar-refractivity contribution in [3.05, 3.63) is 0 Å². The molecule has 0 aromatic rings. The van der Waals surface area contributed by atoms with E-state index < -0.39 is 12.1 Å². The van der Waals surface area contributed by atoms with Gasteiger partial charge in [0.05, 0.1) is 0 Å². The van der Waals surface area contributed by atoms with E-state index in [1.54, 1.807) is 0 Å². The van der Waals surface area contributed by atoms with Gasteiger partial charge in [-0.2, -0.15) is 13.2 Å². The Kier molecular flexibility index (Phi) is 5.58. The molecule has 60 valence electrons. The van der Waals surface area contributed by atoms with Crippen molar-refractivity contribution in [3.63, 3.8) is 0 Å². The summed E-state index contributed by atoms with van der Waals surface area (Å²) >= 11 is 0. The summed E-state index contributed by atoms with van der Waals surface area (Å²) in [6.45, 7) is 1.44. The molecule has 0 atom stereocenters. The maximum atomic E-state index is 10.6. The minimum atomic E-state index is -5.08. The van der Waals surface area contributed by atoms with Crippen molar-refractivity contribution >= 4 is 12.3 Å². The lowest BCUT2D eigenvalue weighted by Crippen LogP contribution is -2.21. The van der Waals surface area contributed by atoms with Crippen LogP contribution in [-0.2, 0) is 9.59 Å². The average molecular weight is 158 g/mol. The molecule has 0 fully saturated rings. The molecule has 3 nitrogen and oxygen atoms in total. The first-order valence-electron chi connectivity index (χ1n) is 2.06. The van der Waals surface area contributed by atoms with Gasteiger partial charge in [0.15, 0.2) is 0 Å². The molecule has 0 heterocycles. The number of aldehydes is 1. The number of carbonyl (C=O) groups excluding carboxylic acids is 1. The van der Waals surface area contributed by atoms with Crippen LogP contribution >= 0.6 is 0 Å². The summed E-state index contributed by atoms with van der Waals surface area (Å²) in [7, 11) is 0. The first-order chi connectivity index (χ1) is 4.36. The molecular weight excluding hydrogens is 153 g/mol. The van der Waals surface area contributed by atoms with Gasteiger partial charge < -0.3 is 9.90 Å². The fourth-order valence-electron chi connectivity index (χ4n) is 0. The van der Waals surface area contributed by atoms with E-state index in [1.165, 1.54) is 6.92 Å². The lowest BCUT2D eigenvalue weighted by Gasteiger charge is -1.93. The van der Waals surface area contributed by atoms with Gasteiger partial charge in [0, 0.05) is 0 Å². The van der Waals surface area contributed by atoms with Crippen LogP contribution in [0, 0.1) is 0 Å². The molecule has 0 spiro atoms. The number of rotatable bonds is 0. The van der Waals surface area contributed by atoms with Crippen molar-refractivity contribution in [2.75, 3.05) is 0 Å². The number of carbonyl (C=O) groups is 2. The van der Waals surface area contributed by atoms with Crippen molar-refractivity contribution in [1.29, 1.82) is 0 Å². The average Bonchev–Trinajstić information content (AvgIpc) is 1.64. The summed E-state index contributed by atoms with van der Waals surface area (Å²) in [5.41, 5.74) is 0. The van der Waals surface area contributed by atoms with Gasteiger partial charge in [-0.1, -0.05) is 0 Å². The second kappa shape index (κ2) is 4.78. The Balaban J connectivity index is 0. The second-order valence-corrected chi connectivity index (χ2v) is 1.04. The van der Waals surface area contributed by atoms with Crippen LogP contribution in [0.4, 0.5) is 13.2 Å². The molecule has 0 saturated carbocycles. The van der Waals surface area contributed by atoms with Gasteiger partial charge in [-0.3, -0.25) is 0 Å². The monoisotopic (exact) mass is 158 g/mol. The molecule has 1 N–H and O–H groups in total. The van der Waals surface area contributed by atoms with Crippen molar-refractivity contribution in [2.24, 2.45) is 0 Å². The van der Waals surface area contributed by atoms with E-state index in [1.807, 2.05) is 0 Å². The minimum Gasteiger partial charge on any atom is -0.475 e. The Morgan fingerprint density at radius 2 is 1.60 bits per heavy atom. The van der Waals surface area contributed by atoms with Gasteiger partial charge >= 0.3 is 12.1 Å². The number of aliphatic carboxylic acids is 1. The first kappa shape index (κ1) is 11.7. The molecule has 0 aromatic heterocycles. The molecule has 0 bridgehead atoms. The lowest BCUT2D eigenvalue weighted by atomic mass is 10.7. The third-order valence-corrected chi connectivity index (χ3v) is 0.243. The summed E-state index contributed by atoms with van der Waals surface area (Å²) in [5, 5.41) is 7.12. The van der Waals surface area contributed by atoms with Crippen LogP contribution in [0.2, 0.25) is 0 Å². The van der Waals surface area contributed by atoms with Crippen LogP contribution in [0.5, 0.6) is 0 Å². The largest absolute Gasteiger partial charge is 0.490 e. The number of carboxylic acids is 1. The maximum absolute atomic E-state index is 10.6. The van der Waals surface area contributed by atoms with Crippen LogP contribution in [0.3, 0.4) is 0 Å². The quantitative estimate of drug-likeness (QED) is 0.531. The summed E-state index contributed by atoms with van der Waals surface area (Å²) in [4.78, 5) is 17.7. The lowest BCUT2D eigenvalue weighted by molar-refractivity contribution is -0.192. The van der Waals surface area contributed by atoms with E-state index >= 15 is 0 Å². The Morgan fingerprint density at radius 3 is 1.60 bits per heavy atom. The van der Waals surface area contributed by atoms with Crippen molar-refractivity contribution in [1.82, 2.24) is 0 Å². The zero-order valence-corrected chi connectivity index (χ0v) is 4.97. The summed E-state index contributed by atoms with van der Waals surface area (Å²) in [5.74, 6) is -2.76. The van der Waals surface area contributed by atoms with E-state index in [9.17, 15) is 13.2 Å². The highest BCUT2D eigenvalue weighted by molar-refractivity contribution is 5.73. The van der Waals surface area contributed by atoms with Gasteiger partial charge in [0.2, 0.25) is 0 Å². The number of hydrogen-bond donors (Lipinski definition) is 1. The highest BCUT2D eigenvalue weighted by atomic mass is 19.4. The highest BCUT2D eigenvalue weighted by Gasteiger charge is 2.38. The Bertz CT molecular complexity index is 117. The molecule has 0 aliphatic rings. The standard InChI is InChI=1S/C2HF3O2.C2H4O/c3-2(4,5)1(6)7;1-2-3/h(H,6,7);2H,1H3. The van der Waals surface area contributed by atoms with E-state index in [0.29, 0.717) is 0 Å². The van der Waals surface area contributed by atoms with Gasteiger partial charge in [-0.15, -0.1) is 0 Å². The molecule has 0 aliphatic carbocycles. The van der Waals surface area contributed by atoms with Crippen LogP contribution in [0.25, 0.3) is 0 Å². The molecule has 0 amide bonds. The molecule has 0 radical (unpaired) electrons. The minimum absolute atomic E-state index is 0.750. The normalized spacial score (nSPS) is 9.20. The molecule has 0 unspecified atom stereocenters. The van der Waals surface area contributed by atoms with Crippen LogP contribution in [0.1, 0.15) is 6.92 Å². The topological polar surface area (TPSA) is 54.4 Å². The third-order valence-electron chi connectivity index (χ3n) is 0.243. The van der Waals surface area contributed by atoms with Crippen LogP contribution in [-0.4, -0.2) is 23.5 Å². The number of hydrogen-bond acceptors (Lipinski definition) is 2. The predicted octanol–water partition coefficient (Wildman–Crippen LogP) is 0.838. The number of halogens is 3. The van der Waals surface area contributed by atoms with Crippen molar-refractivity contribution in [2.45, 2.75) is 13.1 Å². The molecule has 10 heavy (non-hydrogen) atoms. The van der Waals surface area contributed by atoms with Gasteiger partial charge in [0.1, 0.15) is 6.29 Å². The van der Waals surface area contributed by atoms with E-state index in [2.05, 4.69) is 0 Å². The van der Waals surface area contributed by atoms with E-state index in [-0.39, 0.29) is 0 Å². The molecule has 0 saturated heterocycles. The summed E-state index contributed by atoms with van der Waals surface area (Å²) in [6.07, 6.45) is -4.33. The van der Waals surface area contributed by atoms with Crippen molar-refractivity contribution < 1.29 is 27.9 Å². The van der Waals surface area contributed by atoms with Gasteiger partial charge in [-0.25, -0.2) is 4.79 Å². The molecule has 0 aliphatic heterocycles. The fourth-order valence-corrected chi connectivity index (χ4v) is 0. The Labute approximate surface area is 54.5 Å². The van der Waals surface area contributed by atoms with E-state index in [0.717, 1.165) is 6.29 Å². The van der Waals surface area contributed by atoms with Gasteiger partial charge in [-0.05, 0) is 6.92 Å². The third kappa shape index (κ3) is 10.0. The molecule has 6 heteroatoms.